The Morgan fingerprint density at radius 3 is 2.21 bits per heavy atom. The van der Waals surface area contributed by atoms with Gasteiger partial charge in [-0.25, -0.2) is 0 Å². The summed E-state index contributed by atoms with van der Waals surface area (Å²) in [5, 5.41) is 30.6. The van der Waals surface area contributed by atoms with Gasteiger partial charge in [0.25, 0.3) is 5.69 Å². The van der Waals surface area contributed by atoms with Gasteiger partial charge in [-0.1, -0.05) is 72.3 Å². The predicted molar refractivity (Wildman–Crippen MR) is 132 cm³/mol. The third-order valence-electron chi connectivity index (χ3n) is 5.67. The van der Waals surface area contributed by atoms with Crippen molar-refractivity contribution in [1.82, 2.24) is 0 Å². The number of rotatable bonds is 12. The molecule has 2 rings (SSSR count). The molecule has 0 aliphatic heterocycles. The topological polar surface area (TPSA) is 97.3 Å². The first-order valence-corrected chi connectivity index (χ1v) is 11.8. The van der Waals surface area contributed by atoms with Crippen LogP contribution in [0.3, 0.4) is 0 Å². The lowest BCUT2D eigenvalue weighted by atomic mass is 9.84. The summed E-state index contributed by atoms with van der Waals surface area (Å²) in [6.45, 7) is 8.33. The molecule has 0 radical (unpaired) electrons. The molecule has 180 valence electrons. The Morgan fingerprint density at radius 2 is 1.61 bits per heavy atom. The maximum atomic E-state index is 11.4. The highest BCUT2D eigenvalue weighted by Gasteiger charge is 2.22. The standard InChI is InChI=1S/C26H37N3O4/c1-6-7-8-9-10-11-12-13-19-16-21(26(2,3)4)25(30)23(17-19)28-27-22-15-14-20(33-5)18-24(22)29(31)32/h14-18,30H,6-13H2,1-5H3. The molecule has 0 bridgehead atoms. The molecule has 0 aliphatic rings. The molecule has 0 heterocycles. The normalized spacial score (nSPS) is 11.8. The molecule has 0 aliphatic carbocycles. The van der Waals surface area contributed by atoms with Crippen molar-refractivity contribution in [2.24, 2.45) is 10.2 Å². The Balaban J connectivity index is 2.27. The highest BCUT2D eigenvalue weighted by Crippen LogP contribution is 2.41. The van der Waals surface area contributed by atoms with Gasteiger partial charge in [-0.15, -0.1) is 10.2 Å². The van der Waals surface area contributed by atoms with Gasteiger partial charge in [0.15, 0.2) is 5.69 Å². The molecular formula is C26H37N3O4. The second-order valence-corrected chi connectivity index (χ2v) is 9.44. The van der Waals surface area contributed by atoms with Crippen LogP contribution in [-0.2, 0) is 11.8 Å². The number of hydrogen-bond acceptors (Lipinski definition) is 6. The van der Waals surface area contributed by atoms with Crippen molar-refractivity contribution in [1.29, 1.82) is 0 Å². The van der Waals surface area contributed by atoms with Crippen molar-refractivity contribution >= 4 is 17.1 Å². The van der Waals surface area contributed by atoms with Crippen LogP contribution < -0.4 is 4.74 Å². The number of hydrogen-bond donors (Lipinski definition) is 1. The van der Waals surface area contributed by atoms with E-state index in [0.717, 1.165) is 24.0 Å². The highest BCUT2D eigenvalue weighted by atomic mass is 16.6. The van der Waals surface area contributed by atoms with Crippen molar-refractivity contribution in [2.75, 3.05) is 7.11 Å². The molecule has 7 nitrogen and oxygen atoms in total. The van der Waals surface area contributed by atoms with Gasteiger partial charge in [0, 0.05) is 5.56 Å². The van der Waals surface area contributed by atoms with Crippen LogP contribution in [-0.4, -0.2) is 17.1 Å². The Hall–Kier alpha value is -2.96. The van der Waals surface area contributed by atoms with Crippen LogP contribution in [0.5, 0.6) is 11.5 Å². The number of phenolic OH excluding ortho intramolecular Hbond substituents is 1. The van der Waals surface area contributed by atoms with E-state index >= 15 is 0 Å². The molecule has 0 aromatic heterocycles. The van der Waals surface area contributed by atoms with Crippen molar-refractivity contribution in [3.05, 3.63) is 51.6 Å². The van der Waals surface area contributed by atoms with E-state index in [9.17, 15) is 15.2 Å². The number of phenols is 1. The lowest BCUT2D eigenvalue weighted by molar-refractivity contribution is -0.384. The molecule has 0 spiro atoms. The fourth-order valence-corrected chi connectivity index (χ4v) is 3.72. The molecule has 0 unspecified atom stereocenters. The maximum Gasteiger partial charge on any atom is 0.300 e. The lowest BCUT2D eigenvalue weighted by Crippen LogP contribution is -2.12. The van der Waals surface area contributed by atoms with Crippen molar-refractivity contribution in [2.45, 2.75) is 84.5 Å². The minimum absolute atomic E-state index is 0.0609. The molecule has 33 heavy (non-hydrogen) atoms. The van der Waals surface area contributed by atoms with Crippen LogP contribution in [0, 0.1) is 10.1 Å². The Bertz CT molecular complexity index is 965. The summed E-state index contributed by atoms with van der Waals surface area (Å²) in [5.74, 6) is 0.431. The summed E-state index contributed by atoms with van der Waals surface area (Å²) in [5.41, 5.74) is 1.83. The van der Waals surface area contributed by atoms with Crippen LogP contribution in [0.2, 0.25) is 0 Å². The minimum atomic E-state index is -0.520. The fourth-order valence-electron chi connectivity index (χ4n) is 3.72. The average Bonchev–Trinajstić information content (AvgIpc) is 2.77. The molecular weight excluding hydrogens is 418 g/mol. The number of methoxy groups -OCH3 is 1. The quantitative estimate of drug-likeness (QED) is 0.150. The first-order chi connectivity index (χ1) is 15.7. The number of ether oxygens (including phenoxy) is 1. The molecule has 0 saturated carbocycles. The smallest absolute Gasteiger partial charge is 0.300 e. The van der Waals surface area contributed by atoms with E-state index in [1.165, 1.54) is 57.8 Å². The Kier molecular flexibility index (Phi) is 9.82. The number of azo groups is 1. The van der Waals surface area contributed by atoms with Gasteiger partial charge in [-0.2, -0.15) is 0 Å². The number of aromatic hydroxyl groups is 1. The van der Waals surface area contributed by atoms with E-state index in [1.807, 2.05) is 32.9 Å². The minimum Gasteiger partial charge on any atom is -0.505 e. The molecule has 0 amide bonds. The number of benzene rings is 2. The van der Waals surface area contributed by atoms with Gasteiger partial charge in [-0.05, 0) is 42.0 Å². The molecule has 0 fully saturated rings. The summed E-state index contributed by atoms with van der Waals surface area (Å²) >= 11 is 0. The van der Waals surface area contributed by atoms with E-state index in [-0.39, 0.29) is 22.5 Å². The second kappa shape index (κ2) is 12.3. The number of nitro benzene ring substituents is 1. The van der Waals surface area contributed by atoms with Gasteiger partial charge in [0.1, 0.15) is 17.2 Å². The number of nitro groups is 1. The predicted octanol–water partition coefficient (Wildman–Crippen LogP) is 8.32. The Labute approximate surface area is 197 Å². The highest BCUT2D eigenvalue weighted by molar-refractivity contribution is 5.62. The Morgan fingerprint density at radius 1 is 0.970 bits per heavy atom. The summed E-state index contributed by atoms with van der Waals surface area (Å²) in [6, 6.07) is 8.27. The monoisotopic (exact) mass is 455 g/mol. The van der Waals surface area contributed by atoms with Crippen LogP contribution in [0.25, 0.3) is 0 Å². The fraction of sp³-hybridized carbons (Fsp3) is 0.538. The first kappa shape index (κ1) is 26.3. The summed E-state index contributed by atoms with van der Waals surface area (Å²) in [4.78, 5) is 10.9. The SMILES string of the molecule is CCCCCCCCCc1cc(N=Nc2ccc(OC)cc2[N+](=O)[O-])c(O)c(C(C)(C)C)c1. The average molecular weight is 456 g/mol. The maximum absolute atomic E-state index is 11.4. The summed E-state index contributed by atoms with van der Waals surface area (Å²) in [7, 11) is 1.45. The van der Waals surface area contributed by atoms with E-state index in [0.29, 0.717) is 11.4 Å². The molecule has 2 aromatic carbocycles. The third kappa shape index (κ3) is 7.84. The summed E-state index contributed by atoms with van der Waals surface area (Å²) < 4.78 is 5.07. The van der Waals surface area contributed by atoms with E-state index in [1.54, 1.807) is 6.07 Å². The first-order valence-electron chi connectivity index (χ1n) is 11.8. The van der Waals surface area contributed by atoms with Crippen LogP contribution in [0.15, 0.2) is 40.6 Å². The zero-order valence-corrected chi connectivity index (χ0v) is 20.6. The zero-order chi connectivity index (χ0) is 24.4. The second-order valence-electron chi connectivity index (χ2n) is 9.44. The van der Waals surface area contributed by atoms with Gasteiger partial charge < -0.3 is 9.84 Å². The molecule has 2 aromatic rings. The van der Waals surface area contributed by atoms with Gasteiger partial charge in [0.2, 0.25) is 0 Å². The van der Waals surface area contributed by atoms with Gasteiger partial charge in [0.05, 0.1) is 18.1 Å². The van der Waals surface area contributed by atoms with E-state index in [4.69, 9.17) is 4.74 Å². The van der Waals surface area contributed by atoms with E-state index < -0.39 is 4.92 Å². The van der Waals surface area contributed by atoms with Gasteiger partial charge >= 0.3 is 0 Å². The van der Waals surface area contributed by atoms with Crippen molar-refractivity contribution in [3.8, 4) is 11.5 Å². The largest absolute Gasteiger partial charge is 0.505 e. The number of unbranched alkanes of at least 4 members (excludes halogenated alkanes) is 6. The van der Waals surface area contributed by atoms with Gasteiger partial charge in [-0.3, -0.25) is 10.1 Å². The lowest BCUT2D eigenvalue weighted by Gasteiger charge is -2.22. The number of nitrogens with zero attached hydrogens (tertiary/aromatic N) is 3. The third-order valence-corrected chi connectivity index (χ3v) is 5.67. The van der Waals surface area contributed by atoms with Crippen LogP contribution >= 0.6 is 0 Å². The molecule has 1 N–H and O–H groups in total. The molecule has 0 saturated heterocycles. The zero-order valence-electron chi connectivity index (χ0n) is 20.6. The van der Waals surface area contributed by atoms with Crippen LogP contribution in [0.4, 0.5) is 17.1 Å². The van der Waals surface area contributed by atoms with Crippen LogP contribution in [0.1, 0.15) is 83.8 Å². The van der Waals surface area contributed by atoms with E-state index in [2.05, 4.69) is 17.2 Å². The summed E-state index contributed by atoms with van der Waals surface area (Å²) in [6.07, 6.45) is 9.49. The number of aryl methyl sites for hydroxylation is 1. The molecule has 7 heteroatoms. The van der Waals surface area contributed by atoms with Crippen molar-refractivity contribution in [3.63, 3.8) is 0 Å². The molecule has 0 atom stereocenters. The van der Waals surface area contributed by atoms with Crippen molar-refractivity contribution < 1.29 is 14.8 Å².